The first kappa shape index (κ1) is 12.2. The predicted molar refractivity (Wildman–Crippen MR) is 68.0 cm³/mol. The van der Waals surface area contributed by atoms with Crippen molar-refractivity contribution >= 4 is 22.4 Å². The van der Waals surface area contributed by atoms with E-state index in [0.29, 0.717) is 29.0 Å². The molecule has 0 radical (unpaired) electrons. The zero-order valence-electron chi connectivity index (χ0n) is 9.88. The Labute approximate surface area is 103 Å². The number of nitrogens with zero attached hydrogens (tertiary/aromatic N) is 3. The quantitative estimate of drug-likeness (QED) is 0.484. The summed E-state index contributed by atoms with van der Waals surface area (Å²) < 4.78 is 0. The summed E-state index contributed by atoms with van der Waals surface area (Å²) in [5.74, 6) is 6.35. The van der Waals surface area contributed by atoms with Gasteiger partial charge in [0.15, 0.2) is 11.3 Å². The van der Waals surface area contributed by atoms with Crippen molar-refractivity contribution in [3.63, 3.8) is 0 Å². The molecule has 18 heavy (non-hydrogen) atoms. The largest absolute Gasteiger partial charge is 0.308 e. The van der Waals surface area contributed by atoms with Crippen LogP contribution in [0, 0.1) is 10.1 Å². The number of non-ortho nitro benzene ring substituents is 1. The lowest BCUT2D eigenvalue weighted by molar-refractivity contribution is -0.383. The molecule has 0 spiro atoms. The Hall–Kier alpha value is -2.28. The highest BCUT2D eigenvalue weighted by atomic mass is 16.6. The number of nitrogens with one attached hydrogen (secondary N) is 1. The third-order valence-corrected chi connectivity index (χ3v) is 2.56. The van der Waals surface area contributed by atoms with Crippen molar-refractivity contribution in [3.05, 3.63) is 34.1 Å². The molecule has 0 saturated carbocycles. The molecule has 0 atom stereocenters. The monoisotopic (exact) mass is 247 g/mol. The third kappa shape index (κ3) is 2.07. The number of nitro benzene ring substituents is 1. The smallest absolute Gasteiger partial charge is 0.295 e. The minimum absolute atomic E-state index is 0.0382. The van der Waals surface area contributed by atoms with Crippen molar-refractivity contribution in [1.29, 1.82) is 0 Å². The van der Waals surface area contributed by atoms with Gasteiger partial charge in [-0.25, -0.2) is 15.8 Å². The highest BCUT2D eigenvalue weighted by Crippen LogP contribution is 2.27. The maximum absolute atomic E-state index is 11.0. The molecule has 7 nitrogen and oxygen atoms in total. The summed E-state index contributed by atoms with van der Waals surface area (Å²) in [6, 6.07) is 4.71. The molecular formula is C11H13N5O2. The highest BCUT2D eigenvalue weighted by molar-refractivity contribution is 5.94. The number of hydrogen-bond acceptors (Lipinski definition) is 6. The second-order valence-electron chi connectivity index (χ2n) is 3.81. The Kier molecular flexibility index (Phi) is 3.33. The van der Waals surface area contributed by atoms with Crippen molar-refractivity contribution in [2.45, 2.75) is 19.8 Å². The van der Waals surface area contributed by atoms with Crippen LogP contribution in [-0.2, 0) is 6.42 Å². The average Bonchev–Trinajstić information content (AvgIpc) is 2.37. The van der Waals surface area contributed by atoms with Crippen LogP contribution in [0.4, 0.5) is 11.5 Å². The van der Waals surface area contributed by atoms with E-state index in [0.717, 1.165) is 6.42 Å². The molecule has 0 bridgehead atoms. The number of hydrazine groups is 1. The topological polar surface area (TPSA) is 107 Å². The number of para-hydroxylation sites is 1. The van der Waals surface area contributed by atoms with Gasteiger partial charge in [0.05, 0.1) is 10.3 Å². The van der Waals surface area contributed by atoms with Gasteiger partial charge in [0.1, 0.15) is 5.82 Å². The number of benzene rings is 1. The molecule has 0 aliphatic carbocycles. The molecule has 94 valence electrons. The van der Waals surface area contributed by atoms with E-state index in [4.69, 9.17) is 5.84 Å². The van der Waals surface area contributed by atoms with Crippen LogP contribution in [0.2, 0.25) is 0 Å². The summed E-state index contributed by atoms with van der Waals surface area (Å²) >= 11 is 0. The van der Waals surface area contributed by atoms with Gasteiger partial charge >= 0.3 is 0 Å². The van der Waals surface area contributed by atoms with E-state index in [1.54, 1.807) is 12.1 Å². The maximum Gasteiger partial charge on any atom is 0.295 e. The molecule has 0 unspecified atom stereocenters. The number of rotatable bonds is 4. The summed E-state index contributed by atoms with van der Waals surface area (Å²) in [4.78, 5) is 19.0. The summed E-state index contributed by atoms with van der Waals surface area (Å²) in [6.07, 6.45) is 1.51. The van der Waals surface area contributed by atoms with E-state index in [9.17, 15) is 10.1 Å². The SMILES string of the molecule is CCCc1nc(NN)c2cccc([N+](=O)[O-])c2n1. The number of nitro groups is 1. The molecule has 0 amide bonds. The fraction of sp³-hybridized carbons (Fsp3) is 0.273. The second kappa shape index (κ2) is 4.92. The van der Waals surface area contributed by atoms with Gasteiger partial charge in [-0.1, -0.05) is 13.0 Å². The normalized spacial score (nSPS) is 10.6. The van der Waals surface area contributed by atoms with Gasteiger partial charge in [0, 0.05) is 12.5 Å². The van der Waals surface area contributed by atoms with Crippen LogP contribution in [0.1, 0.15) is 19.2 Å². The lowest BCUT2D eigenvalue weighted by Gasteiger charge is -2.07. The van der Waals surface area contributed by atoms with E-state index < -0.39 is 4.92 Å². The van der Waals surface area contributed by atoms with Crippen LogP contribution in [0.5, 0.6) is 0 Å². The second-order valence-corrected chi connectivity index (χ2v) is 3.81. The van der Waals surface area contributed by atoms with Crippen LogP contribution in [-0.4, -0.2) is 14.9 Å². The van der Waals surface area contributed by atoms with E-state index in [1.807, 2.05) is 6.92 Å². The van der Waals surface area contributed by atoms with Gasteiger partial charge in [0.25, 0.3) is 5.69 Å². The van der Waals surface area contributed by atoms with E-state index in [-0.39, 0.29) is 5.69 Å². The Morgan fingerprint density at radius 2 is 2.22 bits per heavy atom. The summed E-state index contributed by atoms with van der Waals surface area (Å²) in [6.45, 7) is 1.99. The Morgan fingerprint density at radius 3 is 2.83 bits per heavy atom. The van der Waals surface area contributed by atoms with Crippen molar-refractivity contribution in [1.82, 2.24) is 9.97 Å². The number of nitrogens with two attached hydrogens (primary N) is 1. The molecule has 0 fully saturated rings. The van der Waals surface area contributed by atoms with Gasteiger partial charge in [-0.15, -0.1) is 0 Å². The number of hydrogen-bond donors (Lipinski definition) is 2. The molecule has 1 heterocycles. The predicted octanol–water partition coefficient (Wildman–Crippen LogP) is 1.78. The van der Waals surface area contributed by atoms with Crippen LogP contribution in [0.15, 0.2) is 18.2 Å². The fourth-order valence-electron chi connectivity index (χ4n) is 1.78. The molecule has 1 aromatic heterocycles. The minimum Gasteiger partial charge on any atom is -0.308 e. The van der Waals surface area contributed by atoms with Crippen molar-refractivity contribution in [2.75, 3.05) is 5.43 Å². The van der Waals surface area contributed by atoms with Crippen LogP contribution >= 0.6 is 0 Å². The number of anilines is 1. The fourth-order valence-corrected chi connectivity index (χ4v) is 1.78. The van der Waals surface area contributed by atoms with E-state index >= 15 is 0 Å². The third-order valence-electron chi connectivity index (χ3n) is 2.56. The van der Waals surface area contributed by atoms with Crippen molar-refractivity contribution in [3.8, 4) is 0 Å². The minimum atomic E-state index is -0.453. The molecule has 1 aromatic carbocycles. The molecule has 0 aliphatic heterocycles. The van der Waals surface area contributed by atoms with Gasteiger partial charge in [-0.05, 0) is 12.5 Å². The first-order valence-electron chi connectivity index (χ1n) is 5.58. The molecular weight excluding hydrogens is 234 g/mol. The average molecular weight is 247 g/mol. The maximum atomic E-state index is 11.0. The first-order valence-corrected chi connectivity index (χ1v) is 5.58. The first-order chi connectivity index (χ1) is 8.67. The summed E-state index contributed by atoms with van der Waals surface area (Å²) in [5.41, 5.74) is 2.74. The van der Waals surface area contributed by atoms with Crippen molar-refractivity contribution in [2.24, 2.45) is 5.84 Å². The van der Waals surface area contributed by atoms with Gasteiger partial charge < -0.3 is 5.43 Å². The zero-order chi connectivity index (χ0) is 13.1. The van der Waals surface area contributed by atoms with Crippen LogP contribution in [0.3, 0.4) is 0 Å². The Bertz CT molecular complexity index is 599. The standard InChI is InChI=1S/C11H13N5O2/c1-2-4-9-13-10-7(11(14-9)15-12)5-3-6-8(10)16(17)18/h3,5-6H,2,4,12H2,1H3,(H,13,14,15). The number of aromatic nitrogens is 2. The van der Waals surface area contributed by atoms with Gasteiger partial charge in [0.2, 0.25) is 0 Å². The zero-order valence-corrected chi connectivity index (χ0v) is 9.88. The molecule has 2 rings (SSSR count). The summed E-state index contributed by atoms with van der Waals surface area (Å²) in [5, 5.41) is 11.5. The lowest BCUT2D eigenvalue weighted by Crippen LogP contribution is -2.11. The lowest BCUT2D eigenvalue weighted by atomic mass is 10.2. The van der Waals surface area contributed by atoms with Crippen LogP contribution in [0.25, 0.3) is 10.9 Å². The molecule has 3 N–H and O–H groups in total. The van der Waals surface area contributed by atoms with Crippen molar-refractivity contribution < 1.29 is 4.92 Å². The molecule has 0 saturated heterocycles. The van der Waals surface area contributed by atoms with E-state index in [2.05, 4.69) is 15.4 Å². The molecule has 0 aliphatic rings. The number of fused-ring (bicyclic) bond motifs is 1. The molecule has 2 aromatic rings. The Morgan fingerprint density at radius 1 is 1.44 bits per heavy atom. The Balaban J connectivity index is 2.75. The van der Waals surface area contributed by atoms with Gasteiger partial charge in [-0.3, -0.25) is 10.1 Å². The van der Waals surface area contributed by atoms with Crippen LogP contribution < -0.4 is 11.3 Å². The number of nitrogen functional groups attached to an aromatic ring is 1. The molecule has 7 heteroatoms. The summed E-state index contributed by atoms with van der Waals surface area (Å²) in [7, 11) is 0. The highest BCUT2D eigenvalue weighted by Gasteiger charge is 2.16. The van der Waals surface area contributed by atoms with E-state index in [1.165, 1.54) is 6.07 Å². The number of aryl methyl sites for hydroxylation is 1. The van der Waals surface area contributed by atoms with Gasteiger partial charge in [-0.2, -0.15) is 0 Å².